The summed E-state index contributed by atoms with van der Waals surface area (Å²) in [5.74, 6) is -0.0150. The van der Waals surface area contributed by atoms with Crippen molar-refractivity contribution in [3.63, 3.8) is 0 Å². The molecule has 3 N–H and O–H groups in total. The maximum atomic E-state index is 14.2. The summed E-state index contributed by atoms with van der Waals surface area (Å²) in [4.78, 5) is 24.5. The number of aromatic nitrogens is 2. The van der Waals surface area contributed by atoms with Crippen LogP contribution in [0.25, 0.3) is 0 Å². The molecule has 0 amide bonds. The largest absolute Gasteiger partial charge is 0.423 e. The molecule has 0 saturated heterocycles. The lowest BCUT2D eigenvalue weighted by molar-refractivity contribution is -0.135. The minimum absolute atomic E-state index is 0.0205. The van der Waals surface area contributed by atoms with Crippen LogP contribution in [-0.2, 0) is 17.6 Å². The SMILES string of the molecule is Cc1nc(Nc2ccc(F)cc2OC(=O)C(N)Cc2ccccc2)nc(N2CCc3ccccc3C2C)c1C. The van der Waals surface area contributed by atoms with E-state index in [1.54, 1.807) is 0 Å². The third-order valence-electron chi connectivity index (χ3n) is 7.23. The molecule has 200 valence electrons. The van der Waals surface area contributed by atoms with Crippen LogP contribution in [0.4, 0.5) is 21.8 Å². The van der Waals surface area contributed by atoms with Gasteiger partial charge in [-0.3, -0.25) is 0 Å². The van der Waals surface area contributed by atoms with Gasteiger partial charge in [-0.1, -0.05) is 54.6 Å². The number of anilines is 3. The van der Waals surface area contributed by atoms with Crippen molar-refractivity contribution in [3.05, 3.63) is 107 Å². The predicted molar refractivity (Wildman–Crippen MR) is 151 cm³/mol. The molecule has 1 aromatic heterocycles. The van der Waals surface area contributed by atoms with E-state index in [4.69, 9.17) is 15.5 Å². The number of halogens is 1. The second-order valence-corrected chi connectivity index (χ2v) is 9.88. The first-order chi connectivity index (χ1) is 18.8. The summed E-state index contributed by atoms with van der Waals surface area (Å²) in [7, 11) is 0. The monoisotopic (exact) mass is 525 g/mol. The van der Waals surface area contributed by atoms with Crippen molar-refractivity contribution >= 4 is 23.4 Å². The molecule has 7 nitrogen and oxygen atoms in total. The molecular weight excluding hydrogens is 493 g/mol. The smallest absolute Gasteiger partial charge is 0.328 e. The van der Waals surface area contributed by atoms with Gasteiger partial charge in [0.05, 0.1) is 11.7 Å². The van der Waals surface area contributed by atoms with E-state index in [0.717, 1.165) is 41.7 Å². The van der Waals surface area contributed by atoms with E-state index in [0.29, 0.717) is 18.1 Å². The molecule has 2 unspecified atom stereocenters. The highest BCUT2D eigenvalue weighted by Crippen LogP contribution is 2.36. The molecule has 0 radical (unpaired) electrons. The maximum Gasteiger partial charge on any atom is 0.328 e. The van der Waals surface area contributed by atoms with Gasteiger partial charge in [0.1, 0.15) is 17.7 Å². The molecule has 4 aromatic rings. The first-order valence-electron chi connectivity index (χ1n) is 13.1. The lowest BCUT2D eigenvalue weighted by atomic mass is 9.93. The summed E-state index contributed by atoms with van der Waals surface area (Å²) in [5.41, 5.74) is 11.8. The zero-order valence-corrected chi connectivity index (χ0v) is 22.3. The van der Waals surface area contributed by atoms with Gasteiger partial charge in [0, 0.05) is 23.9 Å². The van der Waals surface area contributed by atoms with Crippen LogP contribution in [0.3, 0.4) is 0 Å². The average molecular weight is 526 g/mol. The van der Waals surface area contributed by atoms with Gasteiger partial charge in [-0.25, -0.2) is 14.2 Å². The third-order valence-corrected chi connectivity index (χ3v) is 7.23. The number of fused-ring (bicyclic) bond motifs is 1. The number of nitrogens with one attached hydrogen (secondary N) is 1. The molecule has 0 fully saturated rings. The van der Waals surface area contributed by atoms with Gasteiger partial charge in [0.2, 0.25) is 5.95 Å². The molecular formula is C31H32FN5O2. The van der Waals surface area contributed by atoms with Gasteiger partial charge >= 0.3 is 5.97 Å². The fourth-order valence-corrected chi connectivity index (χ4v) is 4.95. The Morgan fingerprint density at radius 3 is 2.64 bits per heavy atom. The highest BCUT2D eigenvalue weighted by atomic mass is 19.1. The first-order valence-corrected chi connectivity index (χ1v) is 13.1. The molecule has 0 spiro atoms. The van der Waals surface area contributed by atoms with Crippen LogP contribution >= 0.6 is 0 Å². The minimum Gasteiger partial charge on any atom is -0.423 e. The van der Waals surface area contributed by atoms with E-state index in [9.17, 15) is 9.18 Å². The number of aryl methyl sites for hydroxylation is 1. The van der Waals surface area contributed by atoms with Crippen LogP contribution < -0.4 is 20.7 Å². The molecule has 5 rings (SSSR count). The topological polar surface area (TPSA) is 93.4 Å². The Hall–Kier alpha value is -4.30. The maximum absolute atomic E-state index is 14.2. The molecule has 8 heteroatoms. The first kappa shape index (κ1) is 26.3. The number of nitrogens with zero attached hydrogens (tertiary/aromatic N) is 3. The number of carbonyl (C=O) groups excluding carboxylic acids is 1. The fraction of sp³-hybridized carbons (Fsp3) is 0.258. The number of hydrogen-bond donors (Lipinski definition) is 2. The van der Waals surface area contributed by atoms with Crippen molar-refractivity contribution in [1.82, 2.24) is 9.97 Å². The van der Waals surface area contributed by atoms with Crippen molar-refractivity contribution in [2.24, 2.45) is 5.73 Å². The van der Waals surface area contributed by atoms with Crippen molar-refractivity contribution in [3.8, 4) is 5.75 Å². The molecule has 2 heterocycles. The zero-order chi connectivity index (χ0) is 27.5. The normalized spacial score (nSPS) is 15.4. The van der Waals surface area contributed by atoms with Crippen LogP contribution in [0.15, 0.2) is 72.8 Å². The summed E-state index contributed by atoms with van der Waals surface area (Å²) in [6.45, 7) is 6.95. The Balaban J connectivity index is 1.39. The molecule has 0 saturated carbocycles. The average Bonchev–Trinajstić information content (AvgIpc) is 2.93. The second kappa shape index (κ2) is 11.2. The summed E-state index contributed by atoms with van der Waals surface area (Å²) in [6, 6.07) is 21.1. The quantitative estimate of drug-likeness (QED) is 0.240. The van der Waals surface area contributed by atoms with Crippen LogP contribution in [0.5, 0.6) is 5.75 Å². The Morgan fingerprint density at radius 1 is 1.10 bits per heavy atom. The molecule has 0 aliphatic carbocycles. The standard InChI is InChI=1S/C31H32FN5O2/c1-19-20(2)34-31(36-29(19)37-16-15-23-11-7-8-12-25(23)21(37)3)35-27-14-13-24(32)18-28(27)39-30(38)26(33)17-22-9-5-4-6-10-22/h4-14,18,21,26H,15-17,33H2,1-3H3,(H,34,35,36). The van der Waals surface area contributed by atoms with Crippen LogP contribution in [0.1, 0.15) is 40.9 Å². The van der Waals surface area contributed by atoms with Crippen molar-refractivity contribution in [2.45, 2.75) is 45.7 Å². The van der Waals surface area contributed by atoms with E-state index >= 15 is 0 Å². The van der Waals surface area contributed by atoms with Crippen molar-refractivity contribution < 1.29 is 13.9 Å². The Kier molecular flexibility index (Phi) is 7.56. The van der Waals surface area contributed by atoms with E-state index < -0.39 is 17.8 Å². The Morgan fingerprint density at radius 2 is 1.85 bits per heavy atom. The van der Waals surface area contributed by atoms with Gasteiger partial charge in [0.25, 0.3) is 0 Å². The summed E-state index contributed by atoms with van der Waals surface area (Å²) >= 11 is 0. The van der Waals surface area contributed by atoms with E-state index in [2.05, 4.69) is 46.4 Å². The van der Waals surface area contributed by atoms with Gasteiger partial charge < -0.3 is 20.7 Å². The van der Waals surface area contributed by atoms with Gasteiger partial charge in [0.15, 0.2) is 5.75 Å². The number of hydrogen-bond acceptors (Lipinski definition) is 7. The Bertz CT molecular complexity index is 1490. The molecule has 2 atom stereocenters. The minimum atomic E-state index is -0.906. The molecule has 1 aliphatic heterocycles. The van der Waals surface area contributed by atoms with Crippen LogP contribution in [-0.4, -0.2) is 28.5 Å². The summed E-state index contributed by atoms with van der Waals surface area (Å²) in [6.07, 6.45) is 1.23. The fourth-order valence-electron chi connectivity index (χ4n) is 4.95. The number of nitrogens with two attached hydrogens (primary N) is 1. The van der Waals surface area contributed by atoms with Gasteiger partial charge in [-0.05, 0) is 62.4 Å². The Labute approximate surface area is 227 Å². The van der Waals surface area contributed by atoms with E-state index in [1.807, 2.05) is 44.2 Å². The lowest BCUT2D eigenvalue weighted by Gasteiger charge is -2.37. The second-order valence-electron chi connectivity index (χ2n) is 9.88. The number of benzene rings is 3. The molecule has 3 aromatic carbocycles. The number of esters is 1. The third kappa shape index (κ3) is 5.76. The van der Waals surface area contributed by atoms with Crippen molar-refractivity contribution in [2.75, 3.05) is 16.8 Å². The summed E-state index contributed by atoms with van der Waals surface area (Å²) in [5, 5.41) is 3.14. The van der Waals surface area contributed by atoms with Crippen LogP contribution in [0.2, 0.25) is 0 Å². The molecule has 39 heavy (non-hydrogen) atoms. The number of rotatable bonds is 7. The van der Waals surface area contributed by atoms with Crippen molar-refractivity contribution in [1.29, 1.82) is 0 Å². The lowest BCUT2D eigenvalue weighted by Crippen LogP contribution is -2.36. The predicted octanol–water partition coefficient (Wildman–Crippen LogP) is 5.58. The molecule has 0 bridgehead atoms. The van der Waals surface area contributed by atoms with Crippen LogP contribution in [0, 0.1) is 19.7 Å². The number of ether oxygens (including phenoxy) is 1. The zero-order valence-electron chi connectivity index (χ0n) is 22.3. The highest BCUT2D eigenvalue weighted by molar-refractivity contribution is 5.80. The summed E-state index contributed by atoms with van der Waals surface area (Å²) < 4.78 is 19.7. The highest BCUT2D eigenvalue weighted by Gasteiger charge is 2.27. The van der Waals surface area contributed by atoms with E-state index in [1.165, 1.54) is 23.3 Å². The van der Waals surface area contributed by atoms with Gasteiger partial charge in [-0.15, -0.1) is 0 Å². The number of carbonyl (C=O) groups is 1. The molecule has 1 aliphatic rings. The van der Waals surface area contributed by atoms with Gasteiger partial charge in [-0.2, -0.15) is 4.98 Å². The van der Waals surface area contributed by atoms with E-state index in [-0.39, 0.29) is 11.8 Å².